The van der Waals surface area contributed by atoms with Gasteiger partial charge in [0.15, 0.2) is 9.84 Å². The molecule has 2 rings (SSSR count). The number of nitrogens with one attached hydrogen (secondary N) is 2. The molecule has 0 saturated carbocycles. The first-order chi connectivity index (χ1) is 8.97. The van der Waals surface area contributed by atoms with Crippen molar-refractivity contribution >= 4 is 27.1 Å². The second kappa shape index (κ2) is 6.11. The van der Waals surface area contributed by atoms with E-state index in [9.17, 15) is 8.42 Å². The second-order valence-corrected chi connectivity index (χ2v) is 7.36. The lowest BCUT2D eigenvalue weighted by molar-refractivity contribution is 0.601. The van der Waals surface area contributed by atoms with Gasteiger partial charge in [-0.15, -0.1) is 0 Å². The molecule has 0 radical (unpaired) electrons. The van der Waals surface area contributed by atoms with E-state index in [1.54, 1.807) is 12.1 Å². The average Bonchev–Trinajstić information content (AvgIpc) is 2.59. The number of rotatable bonds is 3. The van der Waals surface area contributed by atoms with Crippen LogP contribution in [0.1, 0.15) is 19.3 Å². The molecule has 0 aliphatic carbocycles. The first kappa shape index (κ1) is 14.6. The molecule has 1 heterocycles. The van der Waals surface area contributed by atoms with Crippen LogP contribution in [0.3, 0.4) is 0 Å². The van der Waals surface area contributed by atoms with Crippen molar-refractivity contribution in [1.82, 2.24) is 5.32 Å². The van der Waals surface area contributed by atoms with Crippen LogP contribution in [0, 0.1) is 0 Å². The molecule has 1 atom stereocenters. The molecule has 19 heavy (non-hydrogen) atoms. The third-order valence-corrected chi connectivity index (χ3v) is 4.74. The first-order valence-corrected chi connectivity index (χ1v) is 8.70. The predicted molar refractivity (Wildman–Crippen MR) is 78.7 cm³/mol. The van der Waals surface area contributed by atoms with Crippen LogP contribution in [0.2, 0.25) is 5.02 Å². The predicted octanol–water partition coefficient (Wildman–Crippen LogP) is 2.30. The Morgan fingerprint density at radius 3 is 2.84 bits per heavy atom. The first-order valence-electron chi connectivity index (χ1n) is 6.44. The maximum atomic E-state index is 11.6. The van der Waals surface area contributed by atoms with E-state index in [1.807, 2.05) is 0 Å². The number of sulfone groups is 1. The van der Waals surface area contributed by atoms with Gasteiger partial charge in [0.25, 0.3) is 0 Å². The number of hydrogen-bond donors (Lipinski definition) is 2. The molecular weight excluding hydrogens is 284 g/mol. The van der Waals surface area contributed by atoms with Gasteiger partial charge in [0.05, 0.1) is 15.6 Å². The van der Waals surface area contributed by atoms with Gasteiger partial charge < -0.3 is 10.6 Å². The van der Waals surface area contributed by atoms with Crippen molar-refractivity contribution in [3.05, 3.63) is 23.2 Å². The molecule has 2 N–H and O–H groups in total. The van der Waals surface area contributed by atoms with Crippen molar-refractivity contribution in [2.24, 2.45) is 0 Å². The van der Waals surface area contributed by atoms with Crippen LogP contribution < -0.4 is 10.6 Å². The SMILES string of the molecule is CS(=O)(=O)c1ccc(Cl)c(NC2CCCNCC2)c1. The minimum atomic E-state index is -3.20. The zero-order chi connectivity index (χ0) is 13.9. The van der Waals surface area contributed by atoms with Crippen molar-refractivity contribution in [2.75, 3.05) is 24.7 Å². The third-order valence-electron chi connectivity index (χ3n) is 3.30. The van der Waals surface area contributed by atoms with E-state index in [0.717, 1.165) is 32.4 Å². The summed E-state index contributed by atoms with van der Waals surface area (Å²) in [5.74, 6) is 0. The van der Waals surface area contributed by atoms with Crippen LogP contribution in [0.4, 0.5) is 5.69 Å². The van der Waals surface area contributed by atoms with Gasteiger partial charge in [-0.3, -0.25) is 0 Å². The summed E-state index contributed by atoms with van der Waals surface area (Å²) >= 11 is 6.13. The minimum Gasteiger partial charge on any atom is -0.381 e. The van der Waals surface area contributed by atoms with Crippen LogP contribution >= 0.6 is 11.6 Å². The van der Waals surface area contributed by atoms with E-state index in [0.29, 0.717) is 21.6 Å². The Bertz CT molecular complexity index is 538. The Morgan fingerprint density at radius 1 is 1.32 bits per heavy atom. The zero-order valence-electron chi connectivity index (χ0n) is 10.9. The maximum Gasteiger partial charge on any atom is 0.175 e. The number of hydrogen-bond acceptors (Lipinski definition) is 4. The van der Waals surface area contributed by atoms with Gasteiger partial charge in [0.1, 0.15) is 0 Å². The van der Waals surface area contributed by atoms with Gasteiger partial charge >= 0.3 is 0 Å². The Kier molecular flexibility index (Phi) is 4.71. The van der Waals surface area contributed by atoms with E-state index in [2.05, 4.69) is 10.6 Å². The largest absolute Gasteiger partial charge is 0.381 e. The minimum absolute atomic E-state index is 0.297. The van der Waals surface area contributed by atoms with Crippen molar-refractivity contribution in [1.29, 1.82) is 0 Å². The lowest BCUT2D eigenvalue weighted by atomic mass is 10.1. The van der Waals surface area contributed by atoms with Crippen LogP contribution in [-0.2, 0) is 9.84 Å². The molecule has 1 aliphatic rings. The van der Waals surface area contributed by atoms with Gasteiger partial charge in [-0.25, -0.2) is 8.42 Å². The maximum absolute atomic E-state index is 11.6. The highest BCUT2D eigenvalue weighted by atomic mass is 35.5. The second-order valence-electron chi connectivity index (χ2n) is 4.94. The molecule has 1 unspecified atom stereocenters. The highest BCUT2D eigenvalue weighted by molar-refractivity contribution is 7.90. The molecular formula is C13H19ClN2O2S. The van der Waals surface area contributed by atoms with E-state index in [4.69, 9.17) is 11.6 Å². The topological polar surface area (TPSA) is 58.2 Å². The fraction of sp³-hybridized carbons (Fsp3) is 0.538. The summed E-state index contributed by atoms with van der Waals surface area (Å²) in [6.07, 6.45) is 4.39. The Labute approximate surface area is 119 Å². The highest BCUT2D eigenvalue weighted by Crippen LogP contribution is 2.27. The third kappa shape index (κ3) is 4.09. The molecule has 1 saturated heterocycles. The van der Waals surface area contributed by atoms with Crippen LogP contribution in [0.25, 0.3) is 0 Å². The van der Waals surface area contributed by atoms with Crippen LogP contribution in [0.15, 0.2) is 23.1 Å². The lowest BCUT2D eigenvalue weighted by Crippen LogP contribution is -2.21. The normalized spacial score (nSPS) is 20.8. The molecule has 1 aromatic rings. The molecule has 6 heteroatoms. The monoisotopic (exact) mass is 302 g/mol. The van der Waals surface area contributed by atoms with Crippen molar-refractivity contribution in [2.45, 2.75) is 30.2 Å². The van der Waals surface area contributed by atoms with Crippen molar-refractivity contribution in [3.8, 4) is 0 Å². The quantitative estimate of drug-likeness (QED) is 0.899. The summed E-state index contributed by atoms with van der Waals surface area (Å²) in [6.45, 7) is 2.01. The molecule has 106 valence electrons. The van der Waals surface area contributed by atoms with Gasteiger partial charge in [0.2, 0.25) is 0 Å². The highest BCUT2D eigenvalue weighted by Gasteiger charge is 2.15. The van der Waals surface area contributed by atoms with Crippen molar-refractivity contribution in [3.63, 3.8) is 0 Å². The summed E-state index contributed by atoms with van der Waals surface area (Å²) < 4.78 is 23.1. The van der Waals surface area contributed by atoms with E-state index >= 15 is 0 Å². The number of anilines is 1. The van der Waals surface area contributed by atoms with Crippen molar-refractivity contribution < 1.29 is 8.42 Å². The van der Waals surface area contributed by atoms with E-state index in [-0.39, 0.29) is 0 Å². The van der Waals surface area contributed by atoms with Crippen LogP contribution in [0.5, 0.6) is 0 Å². The standard InChI is InChI=1S/C13H19ClN2O2S/c1-19(17,18)11-4-5-12(14)13(9-11)16-10-3-2-7-15-8-6-10/h4-5,9-10,15-16H,2-3,6-8H2,1H3. The van der Waals surface area contributed by atoms with Gasteiger partial charge in [-0.2, -0.15) is 0 Å². The average molecular weight is 303 g/mol. The molecule has 0 amide bonds. The summed E-state index contributed by atoms with van der Waals surface area (Å²) in [5, 5.41) is 7.27. The summed E-state index contributed by atoms with van der Waals surface area (Å²) in [4.78, 5) is 0.297. The van der Waals surface area contributed by atoms with Gasteiger partial charge in [-0.1, -0.05) is 11.6 Å². The number of halogens is 1. The fourth-order valence-electron chi connectivity index (χ4n) is 2.23. The smallest absolute Gasteiger partial charge is 0.175 e. The molecule has 1 fully saturated rings. The summed E-state index contributed by atoms with van der Waals surface area (Å²) in [5.41, 5.74) is 0.705. The Hall–Kier alpha value is -0.780. The fourth-order valence-corrected chi connectivity index (χ4v) is 3.05. The molecule has 1 aromatic carbocycles. The summed E-state index contributed by atoms with van der Waals surface area (Å²) in [7, 11) is -3.20. The molecule has 0 spiro atoms. The van der Waals surface area contributed by atoms with Gasteiger partial charge in [-0.05, 0) is 50.6 Å². The number of benzene rings is 1. The molecule has 0 bridgehead atoms. The van der Waals surface area contributed by atoms with Crippen LogP contribution in [-0.4, -0.2) is 33.8 Å². The Balaban J connectivity index is 2.19. The summed E-state index contributed by atoms with van der Waals surface area (Å²) in [6, 6.07) is 5.13. The van der Waals surface area contributed by atoms with Gasteiger partial charge in [0, 0.05) is 12.3 Å². The Morgan fingerprint density at radius 2 is 2.11 bits per heavy atom. The van der Waals surface area contributed by atoms with E-state index in [1.165, 1.54) is 12.3 Å². The molecule has 1 aliphatic heterocycles. The molecule has 0 aromatic heterocycles. The lowest BCUT2D eigenvalue weighted by Gasteiger charge is -2.18. The van der Waals surface area contributed by atoms with E-state index < -0.39 is 9.84 Å². The molecule has 4 nitrogen and oxygen atoms in total. The zero-order valence-corrected chi connectivity index (χ0v) is 12.5.